The number of halogens is 1. The highest BCUT2D eigenvalue weighted by molar-refractivity contribution is 5.90. The van der Waals surface area contributed by atoms with Gasteiger partial charge in [0.25, 0.3) is 5.88 Å². The molecule has 1 amide bonds. The van der Waals surface area contributed by atoms with Gasteiger partial charge in [-0.2, -0.15) is 5.26 Å². The van der Waals surface area contributed by atoms with Crippen LogP contribution in [0, 0.1) is 17.1 Å². The summed E-state index contributed by atoms with van der Waals surface area (Å²) in [5.74, 6) is -0.782. The molecule has 0 bridgehead atoms. The van der Waals surface area contributed by atoms with Crippen LogP contribution in [-0.4, -0.2) is 25.1 Å². The van der Waals surface area contributed by atoms with E-state index < -0.39 is 17.4 Å². The SMILES string of the molecule is N#Cc1ccc(NC(=O)Cn2nc3c(Oc4cccc(F)c4)nccn3c2=O)cc1. The van der Waals surface area contributed by atoms with E-state index >= 15 is 0 Å². The third-order valence-corrected chi connectivity index (χ3v) is 4.07. The van der Waals surface area contributed by atoms with Gasteiger partial charge in [0.15, 0.2) is 0 Å². The molecule has 0 unspecified atom stereocenters. The van der Waals surface area contributed by atoms with Crippen LogP contribution in [-0.2, 0) is 11.3 Å². The summed E-state index contributed by atoms with van der Waals surface area (Å²) >= 11 is 0. The number of nitrogens with zero attached hydrogens (tertiary/aromatic N) is 5. The first-order valence-electron chi connectivity index (χ1n) is 8.71. The van der Waals surface area contributed by atoms with Crippen LogP contribution in [0.1, 0.15) is 5.56 Å². The second-order valence-electron chi connectivity index (χ2n) is 6.16. The van der Waals surface area contributed by atoms with Gasteiger partial charge in [-0.15, -0.1) is 5.10 Å². The topological polar surface area (TPSA) is 114 Å². The second-order valence-corrected chi connectivity index (χ2v) is 6.16. The van der Waals surface area contributed by atoms with E-state index in [1.165, 1.54) is 41.1 Å². The van der Waals surface area contributed by atoms with E-state index in [1.54, 1.807) is 24.3 Å². The number of hydrogen-bond donors (Lipinski definition) is 1. The molecule has 2 heterocycles. The van der Waals surface area contributed by atoms with Crippen LogP contribution in [0.15, 0.2) is 65.7 Å². The maximum absolute atomic E-state index is 13.4. The van der Waals surface area contributed by atoms with Crippen molar-refractivity contribution < 1.29 is 13.9 Å². The van der Waals surface area contributed by atoms with E-state index in [-0.39, 0.29) is 23.8 Å². The Bertz CT molecular complexity index is 1340. The Balaban J connectivity index is 1.57. The van der Waals surface area contributed by atoms with Crippen molar-refractivity contribution in [2.24, 2.45) is 0 Å². The lowest BCUT2D eigenvalue weighted by molar-refractivity contribution is -0.117. The van der Waals surface area contributed by atoms with Gasteiger partial charge in [0.2, 0.25) is 11.6 Å². The Morgan fingerprint density at radius 1 is 1.23 bits per heavy atom. The summed E-state index contributed by atoms with van der Waals surface area (Å²) in [7, 11) is 0. The van der Waals surface area contributed by atoms with Crippen molar-refractivity contribution in [1.29, 1.82) is 5.26 Å². The Morgan fingerprint density at radius 2 is 2.03 bits per heavy atom. The fourth-order valence-electron chi connectivity index (χ4n) is 2.71. The minimum absolute atomic E-state index is 0.00792. The molecule has 4 aromatic rings. The molecule has 0 fully saturated rings. The van der Waals surface area contributed by atoms with Crippen LogP contribution >= 0.6 is 0 Å². The summed E-state index contributed by atoms with van der Waals surface area (Å²) in [4.78, 5) is 28.9. The lowest BCUT2D eigenvalue weighted by Gasteiger charge is -2.05. The van der Waals surface area contributed by atoms with Gasteiger partial charge in [0.1, 0.15) is 18.1 Å². The van der Waals surface area contributed by atoms with E-state index in [4.69, 9.17) is 10.00 Å². The molecule has 2 aromatic carbocycles. The predicted octanol–water partition coefficient (Wildman–Crippen LogP) is 2.33. The van der Waals surface area contributed by atoms with Gasteiger partial charge < -0.3 is 10.1 Å². The fourth-order valence-corrected chi connectivity index (χ4v) is 2.71. The average molecular weight is 404 g/mol. The van der Waals surface area contributed by atoms with Gasteiger partial charge in [0, 0.05) is 24.1 Å². The first-order valence-corrected chi connectivity index (χ1v) is 8.71. The van der Waals surface area contributed by atoms with E-state index in [0.717, 1.165) is 4.68 Å². The van der Waals surface area contributed by atoms with Crippen LogP contribution < -0.4 is 15.7 Å². The van der Waals surface area contributed by atoms with Crippen molar-refractivity contribution in [3.8, 4) is 17.7 Å². The first kappa shape index (κ1) is 18.8. The summed E-state index contributed by atoms with van der Waals surface area (Å²) < 4.78 is 21.1. The normalized spacial score (nSPS) is 10.5. The van der Waals surface area contributed by atoms with Crippen LogP contribution in [0.4, 0.5) is 10.1 Å². The maximum atomic E-state index is 13.4. The van der Waals surface area contributed by atoms with Crippen LogP contribution in [0.5, 0.6) is 11.6 Å². The van der Waals surface area contributed by atoms with Crippen molar-refractivity contribution >= 4 is 17.2 Å². The third-order valence-electron chi connectivity index (χ3n) is 4.07. The minimum Gasteiger partial charge on any atom is -0.436 e. The molecule has 1 N–H and O–H groups in total. The van der Waals surface area contributed by atoms with Crippen molar-refractivity contribution in [2.45, 2.75) is 6.54 Å². The monoisotopic (exact) mass is 404 g/mol. The number of amides is 1. The summed E-state index contributed by atoms with van der Waals surface area (Å²) in [5.41, 5.74) is 0.458. The van der Waals surface area contributed by atoms with Gasteiger partial charge in [-0.3, -0.25) is 4.79 Å². The Morgan fingerprint density at radius 3 is 2.77 bits per heavy atom. The Hall–Kier alpha value is -4.52. The summed E-state index contributed by atoms with van der Waals surface area (Å²) in [6.07, 6.45) is 2.73. The van der Waals surface area contributed by atoms with Gasteiger partial charge >= 0.3 is 5.69 Å². The molecular formula is C20H13FN6O3. The largest absolute Gasteiger partial charge is 0.436 e. The molecule has 0 spiro atoms. The van der Waals surface area contributed by atoms with Crippen LogP contribution in [0.2, 0.25) is 0 Å². The molecule has 9 nitrogen and oxygen atoms in total. The first-order chi connectivity index (χ1) is 14.5. The molecule has 0 saturated heterocycles. The molecule has 30 heavy (non-hydrogen) atoms. The molecule has 2 aromatic heterocycles. The zero-order valence-corrected chi connectivity index (χ0v) is 15.3. The third kappa shape index (κ3) is 3.85. The second kappa shape index (κ2) is 7.84. The van der Waals surface area contributed by atoms with Crippen molar-refractivity contribution in [3.63, 3.8) is 0 Å². The van der Waals surface area contributed by atoms with Crippen molar-refractivity contribution in [2.75, 3.05) is 5.32 Å². The molecule has 0 aliphatic heterocycles. The number of carbonyl (C=O) groups excluding carboxylic acids is 1. The lowest BCUT2D eigenvalue weighted by Crippen LogP contribution is -2.28. The molecule has 0 atom stereocenters. The number of carbonyl (C=O) groups is 1. The van der Waals surface area contributed by atoms with Crippen molar-refractivity contribution in [3.05, 3.63) is 82.8 Å². The van der Waals surface area contributed by atoms with Crippen LogP contribution in [0.3, 0.4) is 0 Å². The number of ether oxygens (including phenoxy) is 1. The minimum atomic E-state index is -0.563. The zero-order valence-electron chi connectivity index (χ0n) is 15.3. The maximum Gasteiger partial charge on any atom is 0.351 e. The summed E-state index contributed by atoms with van der Waals surface area (Å²) in [5, 5.41) is 15.6. The quantitative estimate of drug-likeness (QED) is 0.546. The average Bonchev–Trinajstić information content (AvgIpc) is 3.05. The molecule has 10 heteroatoms. The molecule has 0 saturated carbocycles. The number of rotatable bonds is 5. The van der Waals surface area contributed by atoms with Gasteiger partial charge in [-0.1, -0.05) is 6.07 Å². The number of nitriles is 1. The number of anilines is 1. The number of hydrogen-bond acceptors (Lipinski definition) is 6. The number of aromatic nitrogens is 4. The standard InChI is InChI=1S/C20H13FN6O3/c21-14-2-1-3-16(10-14)30-19-18-25-27(20(29)26(18)9-8-23-19)12-17(28)24-15-6-4-13(11-22)5-7-15/h1-10H,12H2,(H,24,28). The lowest BCUT2D eigenvalue weighted by atomic mass is 10.2. The number of benzene rings is 2. The Labute approximate surface area is 168 Å². The van der Waals surface area contributed by atoms with Gasteiger partial charge in [-0.25, -0.2) is 23.3 Å². The number of fused-ring (bicyclic) bond motifs is 1. The van der Waals surface area contributed by atoms with Crippen molar-refractivity contribution in [1.82, 2.24) is 19.2 Å². The molecule has 0 aliphatic carbocycles. The molecular weight excluding hydrogens is 391 g/mol. The zero-order chi connectivity index (χ0) is 21.1. The summed E-state index contributed by atoms with van der Waals surface area (Å²) in [6.45, 7) is -0.347. The smallest absolute Gasteiger partial charge is 0.351 e. The fraction of sp³-hybridized carbons (Fsp3) is 0.0500. The molecule has 0 radical (unpaired) electrons. The molecule has 4 rings (SSSR count). The highest BCUT2D eigenvalue weighted by atomic mass is 19.1. The van der Waals surface area contributed by atoms with E-state index in [2.05, 4.69) is 15.4 Å². The van der Waals surface area contributed by atoms with E-state index in [0.29, 0.717) is 11.3 Å². The predicted molar refractivity (Wildman–Crippen MR) is 104 cm³/mol. The van der Waals surface area contributed by atoms with E-state index in [9.17, 15) is 14.0 Å². The van der Waals surface area contributed by atoms with Gasteiger partial charge in [0.05, 0.1) is 11.6 Å². The highest BCUT2D eigenvalue weighted by Crippen LogP contribution is 2.22. The summed E-state index contributed by atoms with van der Waals surface area (Å²) in [6, 6.07) is 13.7. The highest BCUT2D eigenvalue weighted by Gasteiger charge is 2.16. The van der Waals surface area contributed by atoms with E-state index in [1.807, 2.05) is 6.07 Å². The molecule has 148 valence electrons. The Kier molecular flexibility index (Phi) is 4.92. The van der Waals surface area contributed by atoms with Crippen LogP contribution in [0.25, 0.3) is 5.65 Å². The molecule has 0 aliphatic rings. The van der Waals surface area contributed by atoms with Gasteiger partial charge in [-0.05, 0) is 36.4 Å². The number of nitrogens with one attached hydrogen (secondary N) is 1.